The minimum Gasteiger partial charge on any atom is -0.495 e. The molecule has 0 aliphatic rings. The van der Waals surface area contributed by atoms with E-state index in [1.807, 2.05) is 0 Å². The third-order valence-corrected chi connectivity index (χ3v) is 5.20. The van der Waals surface area contributed by atoms with Crippen LogP contribution in [0.4, 0.5) is 13.2 Å². The number of hydrogen-bond donors (Lipinski definition) is 1. The molecule has 1 N–H and O–H groups in total. The lowest BCUT2D eigenvalue weighted by molar-refractivity contribution is -0.274. The molecule has 2 aromatic carbocycles. The lowest BCUT2D eigenvalue weighted by Crippen LogP contribution is -2.17. The van der Waals surface area contributed by atoms with Gasteiger partial charge in [-0.1, -0.05) is 35.9 Å². The second-order valence-corrected chi connectivity index (χ2v) is 7.40. The first-order valence-electron chi connectivity index (χ1n) is 9.39. The third kappa shape index (κ3) is 4.27. The number of H-pyrrole nitrogens is 1. The van der Waals surface area contributed by atoms with Crippen LogP contribution in [0.5, 0.6) is 11.5 Å². The van der Waals surface area contributed by atoms with E-state index in [4.69, 9.17) is 16.3 Å². The van der Waals surface area contributed by atoms with Gasteiger partial charge in [-0.2, -0.15) is 0 Å². The van der Waals surface area contributed by atoms with Crippen molar-refractivity contribution in [3.8, 4) is 33.9 Å². The van der Waals surface area contributed by atoms with Gasteiger partial charge < -0.3 is 14.5 Å². The molecular formula is C23H16ClF3N2O3. The maximum absolute atomic E-state index is 13.2. The number of fused-ring (bicyclic) bond motifs is 1. The monoisotopic (exact) mass is 460 g/mol. The van der Waals surface area contributed by atoms with Crippen LogP contribution in [0.25, 0.3) is 33.3 Å². The Labute approximate surface area is 185 Å². The molecule has 0 fully saturated rings. The van der Waals surface area contributed by atoms with Crippen molar-refractivity contribution in [2.24, 2.45) is 0 Å². The van der Waals surface area contributed by atoms with Gasteiger partial charge in [-0.25, -0.2) is 0 Å². The Morgan fingerprint density at radius 3 is 2.31 bits per heavy atom. The fourth-order valence-electron chi connectivity index (χ4n) is 3.47. The van der Waals surface area contributed by atoms with E-state index in [1.165, 1.54) is 19.2 Å². The van der Waals surface area contributed by atoms with Crippen LogP contribution in [0, 0.1) is 6.92 Å². The summed E-state index contributed by atoms with van der Waals surface area (Å²) in [7, 11) is 1.50. The Hall–Kier alpha value is -3.52. The minimum absolute atomic E-state index is 0.180. The molecule has 4 rings (SSSR count). The Morgan fingerprint density at radius 2 is 1.72 bits per heavy atom. The average molecular weight is 461 g/mol. The molecule has 0 radical (unpaired) electrons. The van der Waals surface area contributed by atoms with Crippen LogP contribution < -0.4 is 14.9 Å². The highest BCUT2D eigenvalue weighted by Gasteiger charge is 2.31. The maximum Gasteiger partial charge on any atom is 0.573 e. The van der Waals surface area contributed by atoms with Crippen molar-refractivity contribution in [1.82, 2.24) is 9.97 Å². The van der Waals surface area contributed by atoms with E-state index in [0.29, 0.717) is 49.8 Å². The Morgan fingerprint density at radius 1 is 1.03 bits per heavy atom. The first-order chi connectivity index (χ1) is 15.2. The Bertz CT molecular complexity index is 1350. The van der Waals surface area contributed by atoms with Crippen LogP contribution in [-0.4, -0.2) is 23.4 Å². The van der Waals surface area contributed by atoms with Gasteiger partial charge in [0.25, 0.3) is 0 Å². The molecule has 5 nitrogen and oxygen atoms in total. The maximum atomic E-state index is 13.2. The average Bonchev–Trinajstić information content (AvgIpc) is 2.74. The Kier molecular flexibility index (Phi) is 5.56. The molecule has 9 heteroatoms. The molecule has 0 aliphatic heterocycles. The highest BCUT2D eigenvalue weighted by molar-refractivity contribution is 6.32. The third-order valence-electron chi connectivity index (χ3n) is 4.90. The normalized spacial score (nSPS) is 11.6. The number of benzene rings is 2. The zero-order valence-electron chi connectivity index (χ0n) is 16.9. The molecule has 164 valence electrons. The second kappa shape index (κ2) is 8.20. The summed E-state index contributed by atoms with van der Waals surface area (Å²) >= 11 is 6.19. The molecule has 0 saturated heterocycles. The number of alkyl halides is 3. The summed E-state index contributed by atoms with van der Waals surface area (Å²) in [5.74, 6) is 0.0666. The predicted molar refractivity (Wildman–Crippen MR) is 116 cm³/mol. The van der Waals surface area contributed by atoms with Gasteiger partial charge in [0.2, 0.25) is 0 Å². The number of rotatable bonds is 4. The number of aromatic nitrogens is 2. The van der Waals surface area contributed by atoms with Gasteiger partial charge in [0, 0.05) is 28.3 Å². The number of methoxy groups -OCH3 is 1. The van der Waals surface area contributed by atoms with Crippen molar-refractivity contribution >= 4 is 22.5 Å². The Balaban J connectivity index is 1.69. The zero-order valence-corrected chi connectivity index (χ0v) is 17.6. The fraction of sp³-hybridized carbons (Fsp3) is 0.130. The highest BCUT2D eigenvalue weighted by Crippen LogP contribution is 2.31. The summed E-state index contributed by atoms with van der Waals surface area (Å²) in [6.07, 6.45) is -3.77. The number of ether oxygens (including phenoxy) is 2. The van der Waals surface area contributed by atoms with E-state index in [9.17, 15) is 18.0 Å². The van der Waals surface area contributed by atoms with Gasteiger partial charge in [0.15, 0.2) is 5.43 Å². The van der Waals surface area contributed by atoms with E-state index in [0.717, 1.165) is 6.20 Å². The molecule has 2 heterocycles. The van der Waals surface area contributed by atoms with Crippen molar-refractivity contribution in [1.29, 1.82) is 0 Å². The van der Waals surface area contributed by atoms with Gasteiger partial charge in [-0.3, -0.25) is 9.78 Å². The largest absolute Gasteiger partial charge is 0.573 e. The van der Waals surface area contributed by atoms with Crippen LogP contribution in [0.2, 0.25) is 5.02 Å². The van der Waals surface area contributed by atoms with E-state index in [2.05, 4.69) is 14.7 Å². The summed E-state index contributed by atoms with van der Waals surface area (Å²) in [6, 6.07) is 12.9. The molecule has 4 aromatic rings. The van der Waals surface area contributed by atoms with E-state index < -0.39 is 12.1 Å². The molecule has 2 aromatic heterocycles. The predicted octanol–water partition coefficient (Wildman–Crippen LogP) is 6.13. The van der Waals surface area contributed by atoms with Crippen LogP contribution in [0.1, 0.15) is 5.69 Å². The number of aromatic amines is 1. The number of hydrogen-bond acceptors (Lipinski definition) is 4. The summed E-state index contributed by atoms with van der Waals surface area (Å²) < 4.78 is 46.0. The number of halogens is 4. The quantitative estimate of drug-likeness (QED) is 0.398. The van der Waals surface area contributed by atoms with Crippen LogP contribution in [0.3, 0.4) is 0 Å². The molecule has 0 unspecified atom stereocenters. The van der Waals surface area contributed by atoms with E-state index in [1.54, 1.807) is 43.3 Å². The first kappa shape index (κ1) is 21.7. The molecule has 0 atom stereocenters. The van der Waals surface area contributed by atoms with Crippen molar-refractivity contribution in [3.63, 3.8) is 0 Å². The number of pyridine rings is 2. The van der Waals surface area contributed by atoms with Gasteiger partial charge >= 0.3 is 6.36 Å². The highest BCUT2D eigenvalue weighted by atomic mass is 35.5. The van der Waals surface area contributed by atoms with Crippen LogP contribution >= 0.6 is 11.6 Å². The van der Waals surface area contributed by atoms with Crippen molar-refractivity contribution in [2.75, 3.05) is 7.11 Å². The smallest absolute Gasteiger partial charge is 0.495 e. The summed E-state index contributed by atoms with van der Waals surface area (Å²) in [6.45, 7) is 1.80. The van der Waals surface area contributed by atoms with Gasteiger partial charge in [0.05, 0.1) is 29.5 Å². The van der Waals surface area contributed by atoms with Crippen molar-refractivity contribution in [2.45, 2.75) is 13.3 Å². The van der Waals surface area contributed by atoms with Crippen LogP contribution in [-0.2, 0) is 0 Å². The van der Waals surface area contributed by atoms with E-state index in [-0.39, 0.29) is 5.43 Å². The summed E-state index contributed by atoms with van der Waals surface area (Å²) in [5, 5.41) is 0.766. The topological polar surface area (TPSA) is 64.2 Å². The summed E-state index contributed by atoms with van der Waals surface area (Å²) in [5.41, 5.74) is 3.42. The first-order valence-corrected chi connectivity index (χ1v) is 9.77. The number of nitrogens with zero attached hydrogens (tertiary/aromatic N) is 1. The van der Waals surface area contributed by atoms with Crippen molar-refractivity contribution < 1.29 is 22.6 Å². The zero-order chi connectivity index (χ0) is 23.0. The van der Waals surface area contributed by atoms with Gasteiger partial charge in [-0.15, -0.1) is 13.2 Å². The van der Waals surface area contributed by atoms with Gasteiger partial charge in [0.1, 0.15) is 11.5 Å². The van der Waals surface area contributed by atoms with Gasteiger partial charge in [-0.05, 0) is 30.7 Å². The van der Waals surface area contributed by atoms with Crippen molar-refractivity contribution in [3.05, 3.63) is 75.7 Å². The lowest BCUT2D eigenvalue weighted by atomic mass is 9.99. The molecule has 0 aliphatic carbocycles. The molecule has 32 heavy (non-hydrogen) atoms. The number of nitrogens with one attached hydrogen (secondary N) is 1. The SMILES string of the molecule is COc1cc2[nH]c(C)c(-c3ccc(-c4ccc(OC(F)(F)F)cn4)cc3)c(=O)c2cc1Cl. The molecular weight excluding hydrogens is 445 g/mol. The molecule has 0 amide bonds. The minimum atomic E-state index is -4.77. The van der Waals surface area contributed by atoms with E-state index >= 15 is 0 Å². The standard InChI is InChI=1S/C23H16ClF3N2O3/c1-12-21(22(30)16-9-17(24)20(31-2)10-19(16)29-12)14-5-3-13(4-6-14)18-8-7-15(11-28-18)32-23(25,26)27/h3-11H,1-2H3,(H,29,30). The lowest BCUT2D eigenvalue weighted by Gasteiger charge is -2.11. The number of aryl methyl sites for hydroxylation is 1. The summed E-state index contributed by atoms with van der Waals surface area (Å²) in [4.78, 5) is 20.4. The second-order valence-electron chi connectivity index (χ2n) is 6.99. The molecule has 0 saturated carbocycles. The molecule has 0 spiro atoms. The fourth-order valence-corrected chi connectivity index (χ4v) is 3.71. The molecule has 0 bridgehead atoms. The van der Waals surface area contributed by atoms with Crippen LogP contribution in [0.15, 0.2) is 59.5 Å².